The molecule has 4 nitrogen and oxygen atoms in total. The Hall–Kier alpha value is -2.88. The van der Waals surface area contributed by atoms with E-state index in [-0.39, 0.29) is 0 Å². The van der Waals surface area contributed by atoms with Crippen molar-refractivity contribution in [3.8, 4) is 11.3 Å². The van der Waals surface area contributed by atoms with E-state index in [9.17, 15) is 0 Å². The van der Waals surface area contributed by atoms with E-state index in [1.165, 1.54) is 16.7 Å². The molecule has 0 unspecified atom stereocenters. The van der Waals surface area contributed by atoms with Crippen molar-refractivity contribution in [2.24, 2.45) is 10.2 Å². The Bertz CT molecular complexity index is 883. The normalized spacial score (nSPS) is 11.2. The molecule has 3 rings (SSSR count). The van der Waals surface area contributed by atoms with E-state index in [1.54, 1.807) is 0 Å². The van der Waals surface area contributed by atoms with E-state index in [0.717, 1.165) is 17.7 Å². The quantitative estimate of drug-likeness (QED) is 0.588. The van der Waals surface area contributed by atoms with Gasteiger partial charge in [-0.05, 0) is 38.3 Å². The van der Waals surface area contributed by atoms with Gasteiger partial charge in [-0.3, -0.25) is 0 Å². The Balaban J connectivity index is 1.72. The molecule has 0 saturated heterocycles. The SMILES string of the molecule is Cc1ccc(CCN=Nc2cc(-c3ccccc3C)nc(C)n2)cc1. The number of benzene rings is 2. The van der Waals surface area contributed by atoms with Gasteiger partial charge in [0, 0.05) is 11.6 Å². The van der Waals surface area contributed by atoms with E-state index in [1.807, 2.05) is 25.1 Å². The third-order valence-corrected chi connectivity index (χ3v) is 4.04. The highest BCUT2D eigenvalue weighted by Gasteiger charge is 2.06. The van der Waals surface area contributed by atoms with Crippen molar-refractivity contribution in [3.05, 3.63) is 77.1 Å². The maximum Gasteiger partial charge on any atom is 0.177 e. The summed E-state index contributed by atoms with van der Waals surface area (Å²) in [6.07, 6.45) is 0.874. The summed E-state index contributed by atoms with van der Waals surface area (Å²) in [5.41, 5.74) is 5.71. The van der Waals surface area contributed by atoms with Crippen LogP contribution in [0.5, 0.6) is 0 Å². The lowest BCUT2D eigenvalue weighted by atomic mass is 10.1. The summed E-state index contributed by atoms with van der Waals surface area (Å²) in [5.74, 6) is 1.31. The van der Waals surface area contributed by atoms with Gasteiger partial charge < -0.3 is 0 Å². The number of nitrogens with zero attached hydrogens (tertiary/aromatic N) is 4. The minimum atomic E-state index is 0.606. The van der Waals surface area contributed by atoms with Gasteiger partial charge >= 0.3 is 0 Å². The molecule has 4 heteroatoms. The van der Waals surface area contributed by atoms with Crippen LogP contribution in [0.25, 0.3) is 11.3 Å². The van der Waals surface area contributed by atoms with Crippen LogP contribution < -0.4 is 0 Å². The molecule has 0 spiro atoms. The Kier molecular flexibility index (Phi) is 5.29. The lowest BCUT2D eigenvalue weighted by Gasteiger charge is -2.06. The molecule has 0 radical (unpaired) electrons. The summed E-state index contributed by atoms with van der Waals surface area (Å²) in [7, 11) is 0. The van der Waals surface area contributed by atoms with Crippen LogP contribution in [0, 0.1) is 20.8 Å². The number of hydrogen-bond acceptors (Lipinski definition) is 4. The molecular weight excluding hydrogens is 308 g/mol. The summed E-state index contributed by atoms with van der Waals surface area (Å²) in [4.78, 5) is 8.91. The zero-order chi connectivity index (χ0) is 17.6. The Morgan fingerprint density at radius 1 is 0.880 bits per heavy atom. The second-order valence-electron chi connectivity index (χ2n) is 6.17. The molecular formula is C21H22N4. The molecule has 0 aliphatic carbocycles. The highest BCUT2D eigenvalue weighted by Crippen LogP contribution is 2.24. The van der Waals surface area contributed by atoms with E-state index in [0.29, 0.717) is 18.2 Å². The van der Waals surface area contributed by atoms with Crippen LogP contribution in [0.3, 0.4) is 0 Å². The molecule has 0 saturated carbocycles. The topological polar surface area (TPSA) is 50.5 Å². The molecule has 3 aromatic rings. The van der Waals surface area contributed by atoms with E-state index >= 15 is 0 Å². The number of aryl methyl sites for hydroxylation is 3. The van der Waals surface area contributed by atoms with Gasteiger partial charge in [-0.15, -0.1) is 5.11 Å². The largest absolute Gasteiger partial charge is 0.233 e. The highest BCUT2D eigenvalue weighted by molar-refractivity contribution is 5.65. The standard InChI is InChI=1S/C21H22N4/c1-15-8-10-18(11-9-15)12-13-22-25-21-14-20(23-17(3)24-21)19-7-5-4-6-16(19)2/h4-11,14H,12-13H2,1-3H3. The summed E-state index contributed by atoms with van der Waals surface area (Å²) in [6, 6.07) is 18.6. The van der Waals surface area contributed by atoms with Gasteiger partial charge in [-0.2, -0.15) is 5.11 Å². The van der Waals surface area contributed by atoms with Gasteiger partial charge in [0.15, 0.2) is 5.82 Å². The maximum atomic E-state index is 4.54. The Labute approximate surface area is 148 Å². The fraction of sp³-hybridized carbons (Fsp3) is 0.238. The fourth-order valence-electron chi connectivity index (χ4n) is 2.66. The van der Waals surface area contributed by atoms with Crippen molar-refractivity contribution in [1.29, 1.82) is 0 Å². The van der Waals surface area contributed by atoms with Gasteiger partial charge in [-0.25, -0.2) is 9.97 Å². The number of rotatable bonds is 5. The first-order chi connectivity index (χ1) is 12.1. The Morgan fingerprint density at radius 3 is 2.40 bits per heavy atom. The fourth-order valence-corrected chi connectivity index (χ4v) is 2.66. The zero-order valence-corrected chi connectivity index (χ0v) is 14.9. The van der Waals surface area contributed by atoms with E-state index in [4.69, 9.17) is 0 Å². The first-order valence-corrected chi connectivity index (χ1v) is 8.46. The number of aromatic nitrogens is 2. The molecule has 25 heavy (non-hydrogen) atoms. The second kappa shape index (κ2) is 7.79. The van der Waals surface area contributed by atoms with Crippen LogP contribution in [-0.2, 0) is 6.42 Å². The van der Waals surface area contributed by atoms with Gasteiger partial charge in [0.05, 0.1) is 12.2 Å². The van der Waals surface area contributed by atoms with Crippen LogP contribution in [0.4, 0.5) is 5.82 Å². The third kappa shape index (κ3) is 4.57. The number of azo groups is 1. The lowest BCUT2D eigenvalue weighted by Crippen LogP contribution is -1.93. The van der Waals surface area contributed by atoms with Crippen molar-refractivity contribution < 1.29 is 0 Å². The van der Waals surface area contributed by atoms with E-state index < -0.39 is 0 Å². The lowest BCUT2D eigenvalue weighted by molar-refractivity contribution is 0.890. The van der Waals surface area contributed by atoms with Crippen molar-refractivity contribution in [2.75, 3.05) is 6.54 Å². The Morgan fingerprint density at radius 2 is 1.64 bits per heavy atom. The molecule has 0 bridgehead atoms. The molecule has 1 aromatic heterocycles. The van der Waals surface area contributed by atoms with Crippen LogP contribution >= 0.6 is 0 Å². The van der Waals surface area contributed by atoms with Crippen molar-refractivity contribution in [2.45, 2.75) is 27.2 Å². The third-order valence-electron chi connectivity index (χ3n) is 4.04. The smallest absolute Gasteiger partial charge is 0.177 e. The van der Waals surface area contributed by atoms with Gasteiger partial charge in [0.2, 0.25) is 0 Å². The van der Waals surface area contributed by atoms with Gasteiger partial charge in [0.1, 0.15) is 5.82 Å². The highest BCUT2D eigenvalue weighted by atomic mass is 15.1. The minimum Gasteiger partial charge on any atom is -0.233 e. The summed E-state index contributed by atoms with van der Waals surface area (Å²) >= 11 is 0. The van der Waals surface area contributed by atoms with Crippen LogP contribution in [-0.4, -0.2) is 16.5 Å². The molecule has 0 atom stereocenters. The van der Waals surface area contributed by atoms with Crippen molar-refractivity contribution in [1.82, 2.24) is 9.97 Å². The molecule has 1 heterocycles. The van der Waals surface area contributed by atoms with Crippen LogP contribution in [0.1, 0.15) is 22.5 Å². The van der Waals surface area contributed by atoms with Crippen LogP contribution in [0.2, 0.25) is 0 Å². The molecule has 0 amide bonds. The molecule has 0 aliphatic rings. The van der Waals surface area contributed by atoms with Crippen molar-refractivity contribution >= 4 is 5.82 Å². The first kappa shape index (κ1) is 17.0. The predicted molar refractivity (Wildman–Crippen MR) is 101 cm³/mol. The van der Waals surface area contributed by atoms with Gasteiger partial charge in [-0.1, -0.05) is 54.1 Å². The average molecular weight is 330 g/mol. The second-order valence-corrected chi connectivity index (χ2v) is 6.17. The average Bonchev–Trinajstić information content (AvgIpc) is 2.60. The molecule has 0 fully saturated rings. The molecule has 126 valence electrons. The van der Waals surface area contributed by atoms with E-state index in [2.05, 4.69) is 70.4 Å². The minimum absolute atomic E-state index is 0.606. The predicted octanol–water partition coefficient (Wildman–Crippen LogP) is 5.40. The molecule has 0 N–H and O–H groups in total. The molecule has 0 aliphatic heterocycles. The van der Waals surface area contributed by atoms with Crippen LogP contribution in [0.15, 0.2) is 64.8 Å². The summed E-state index contributed by atoms with van der Waals surface area (Å²) < 4.78 is 0. The molecule has 2 aromatic carbocycles. The van der Waals surface area contributed by atoms with Gasteiger partial charge in [0.25, 0.3) is 0 Å². The summed E-state index contributed by atoms with van der Waals surface area (Å²) in [5, 5.41) is 8.58. The zero-order valence-electron chi connectivity index (χ0n) is 14.9. The monoisotopic (exact) mass is 330 g/mol. The first-order valence-electron chi connectivity index (χ1n) is 8.46. The summed E-state index contributed by atoms with van der Waals surface area (Å²) in [6.45, 7) is 6.70. The number of hydrogen-bond donors (Lipinski definition) is 0. The maximum absolute atomic E-state index is 4.54. The van der Waals surface area contributed by atoms with Crippen molar-refractivity contribution in [3.63, 3.8) is 0 Å².